The Morgan fingerprint density at radius 2 is 1.76 bits per heavy atom. The first-order valence-electron chi connectivity index (χ1n) is 14.4. The average Bonchev–Trinajstić information content (AvgIpc) is 3.44. The fourth-order valence-corrected chi connectivity index (χ4v) is 5.79. The van der Waals surface area contributed by atoms with Gasteiger partial charge in [-0.25, -0.2) is 4.99 Å². The Bertz CT molecular complexity index is 1710. The molecule has 0 unspecified atom stereocenters. The summed E-state index contributed by atoms with van der Waals surface area (Å²) in [6, 6.07) is 29.7. The minimum Gasteiger partial charge on any atom is -0.494 e. The van der Waals surface area contributed by atoms with E-state index in [1.165, 1.54) is 0 Å². The van der Waals surface area contributed by atoms with Gasteiger partial charge in [0.2, 0.25) is 5.90 Å². The predicted octanol–water partition coefficient (Wildman–Crippen LogP) is 7.49. The maximum Gasteiger partial charge on any atom is 0.252 e. The van der Waals surface area contributed by atoms with Gasteiger partial charge in [-0.05, 0) is 64.7 Å². The van der Waals surface area contributed by atoms with Crippen LogP contribution in [0.15, 0.2) is 112 Å². The Hall–Kier alpha value is -4.34. The van der Waals surface area contributed by atoms with Crippen LogP contribution in [0.2, 0.25) is 5.02 Å². The fraction of sp³-hybridized carbons (Fsp3) is 0.235. The molecule has 0 saturated heterocycles. The lowest BCUT2D eigenvalue weighted by atomic mass is 9.81. The summed E-state index contributed by atoms with van der Waals surface area (Å²) in [5, 5.41) is 16.6. The van der Waals surface area contributed by atoms with E-state index in [1.54, 1.807) is 12.1 Å². The van der Waals surface area contributed by atoms with E-state index in [0.29, 0.717) is 35.3 Å². The summed E-state index contributed by atoms with van der Waals surface area (Å²) in [6.07, 6.45) is -0.102. The predicted molar refractivity (Wildman–Crippen MR) is 177 cm³/mol. The lowest BCUT2D eigenvalue weighted by molar-refractivity contribution is -0.129. The summed E-state index contributed by atoms with van der Waals surface area (Å²) >= 11 is 9.76. The molecule has 4 aromatic rings. The van der Waals surface area contributed by atoms with E-state index in [2.05, 4.69) is 31.3 Å². The van der Waals surface area contributed by atoms with Gasteiger partial charge in [0.25, 0.3) is 5.91 Å². The van der Waals surface area contributed by atoms with Crippen molar-refractivity contribution >= 4 is 39.3 Å². The van der Waals surface area contributed by atoms with Crippen molar-refractivity contribution in [2.24, 2.45) is 10.1 Å². The lowest BCUT2D eigenvalue weighted by Crippen LogP contribution is -2.50. The number of amides is 1. The van der Waals surface area contributed by atoms with Crippen LogP contribution in [0.5, 0.6) is 5.75 Å². The monoisotopic (exact) mass is 687 g/mol. The normalized spacial score (nSPS) is 17.1. The molecule has 0 saturated carbocycles. The number of ether oxygens (including phenoxy) is 2. The van der Waals surface area contributed by atoms with Gasteiger partial charge in [-0.1, -0.05) is 87.2 Å². The summed E-state index contributed by atoms with van der Waals surface area (Å²) in [6.45, 7) is 0.826. The molecule has 1 aliphatic rings. The van der Waals surface area contributed by atoms with Gasteiger partial charge in [-0.3, -0.25) is 4.79 Å². The molecular weight excluding hydrogens is 658 g/mol. The molecule has 4 aromatic carbocycles. The van der Waals surface area contributed by atoms with E-state index < -0.39 is 11.6 Å². The van der Waals surface area contributed by atoms with E-state index in [0.717, 1.165) is 26.7 Å². The number of nitrogens with zero attached hydrogens (tertiary/aromatic N) is 4. The Labute approximate surface area is 274 Å². The number of benzene rings is 4. The Morgan fingerprint density at radius 3 is 2.47 bits per heavy atom. The molecule has 0 aliphatic carbocycles. The summed E-state index contributed by atoms with van der Waals surface area (Å²) in [4.78, 5) is 22.6. The van der Waals surface area contributed by atoms with Gasteiger partial charge in [0, 0.05) is 51.5 Å². The van der Waals surface area contributed by atoms with Crippen LogP contribution in [0.3, 0.4) is 0 Å². The van der Waals surface area contributed by atoms with Gasteiger partial charge in [-0.2, -0.15) is 0 Å². The molecule has 0 aromatic heterocycles. The van der Waals surface area contributed by atoms with Gasteiger partial charge in [0.05, 0.1) is 13.2 Å². The van der Waals surface area contributed by atoms with Crippen LogP contribution in [-0.4, -0.2) is 35.7 Å². The van der Waals surface area contributed by atoms with Crippen molar-refractivity contribution in [2.75, 3.05) is 13.2 Å². The van der Waals surface area contributed by atoms with E-state index in [9.17, 15) is 4.79 Å². The summed E-state index contributed by atoms with van der Waals surface area (Å²) in [7, 11) is 0. The van der Waals surface area contributed by atoms with Crippen LogP contribution in [-0.2, 0) is 29.0 Å². The van der Waals surface area contributed by atoms with Crippen molar-refractivity contribution < 1.29 is 19.4 Å². The molecule has 1 heterocycles. The van der Waals surface area contributed by atoms with Gasteiger partial charge >= 0.3 is 0 Å². The fourth-order valence-electron chi connectivity index (χ4n) is 5.17. The molecule has 0 radical (unpaired) electrons. The van der Waals surface area contributed by atoms with Gasteiger partial charge < -0.3 is 19.9 Å². The topological polar surface area (TPSA) is 129 Å². The number of nitrogens with one attached hydrogen (secondary N) is 1. The molecule has 0 bridgehead atoms. The van der Waals surface area contributed by atoms with Crippen molar-refractivity contribution in [3.63, 3.8) is 0 Å². The lowest BCUT2D eigenvalue weighted by Gasteiger charge is -2.32. The van der Waals surface area contributed by atoms with Crippen molar-refractivity contribution in [2.45, 2.75) is 37.6 Å². The number of rotatable bonds is 13. The zero-order valence-electron chi connectivity index (χ0n) is 24.3. The van der Waals surface area contributed by atoms with Crippen LogP contribution in [0, 0.1) is 0 Å². The number of halogens is 2. The molecule has 9 nitrogen and oxygen atoms in total. The number of hydrogen-bond donors (Lipinski definition) is 2. The van der Waals surface area contributed by atoms with Crippen LogP contribution in [0.4, 0.5) is 0 Å². The third-order valence-corrected chi connectivity index (χ3v) is 8.44. The molecule has 2 N–H and O–H groups in total. The van der Waals surface area contributed by atoms with Gasteiger partial charge in [0.1, 0.15) is 5.75 Å². The maximum atomic E-state index is 14.5. The van der Waals surface area contributed by atoms with Crippen molar-refractivity contribution in [1.29, 1.82) is 0 Å². The third-order valence-electron chi connectivity index (χ3n) is 7.47. The zero-order valence-corrected chi connectivity index (χ0v) is 26.6. The van der Waals surface area contributed by atoms with Crippen molar-refractivity contribution in [3.05, 3.63) is 145 Å². The van der Waals surface area contributed by atoms with Gasteiger partial charge in [-0.15, -0.1) is 0 Å². The quantitative estimate of drug-likeness (QED) is 0.0653. The molecule has 1 aliphatic heterocycles. The second-order valence-corrected chi connectivity index (χ2v) is 11.7. The highest BCUT2D eigenvalue weighted by Gasteiger charge is 2.54. The van der Waals surface area contributed by atoms with E-state index in [-0.39, 0.29) is 32.0 Å². The molecule has 2 atom stereocenters. The first-order valence-corrected chi connectivity index (χ1v) is 15.6. The van der Waals surface area contributed by atoms with Gasteiger partial charge in [0.15, 0.2) is 11.6 Å². The number of aliphatic imine (C=N–C) groups is 1. The summed E-state index contributed by atoms with van der Waals surface area (Å²) in [5.41, 5.74) is 11.5. The smallest absolute Gasteiger partial charge is 0.252 e. The summed E-state index contributed by atoms with van der Waals surface area (Å²) in [5.74, 6) is 0.634. The first kappa shape index (κ1) is 32.1. The standard InChI is InChI=1S/C34H31BrClN5O4/c35-30-9-4-3-8-29(30)31-34(20-25-6-1-2-7-26(25)22-39-41-37,33(43)38-21-23-10-14-27(36)15-11-23)40-32(45-31)24-12-16-28(17-13-24)44-19-5-18-42/h1-4,6-17,31,42H,5,18-22H2,(H,38,43)/t31-,34-/m1/s1. The Kier molecular flexibility index (Phi) is 10.8. The number of hydrogen-bond acceptors (Lipinski definition) is 6. The van der Waals surface area contributed by atoms with Crippen LogP contribution in [0.1, 0.15) is 40.3 Å². The van der Waals surface area contributed by atoms with Crippen LogP contribution >= 0.6 is 27.5 Å². The Morgan fingerprint density at radius 1 is 1.04 bits per heavy atom. The van der Waals surface area contributed by atoms with Crippen molar-refractivity contribution in [3.8, 4) is 5.75 Å². The maximum absolute atomic E-state index is 14.5. The van der Waals surface area contributed by atoms with Crippen molar-refractivity contribution in [1.82, 2.24) is 5.32 Å². The molecule has 5 rings (SSSR count). The molecule has 230 valence electrons. The second-order valence-electron chi connectivity index (χ2n) is 10.5. The third kappa shape index (κ3) is 7.67. The Balaban J connectivity index is 1.60. The van der Waals surface area contributed by atoms with E-state index in [1.807, 2.05) is 84.9 Å². The molecule has 0 spiro atoms. The highest BCUT2D eigenvalue weighted by Crippen LogP contribution is 2.45. The minimum atomic E-state index is -1.44. The number of carbonyl (C=O) groups excluding carboxylic acids is 1. The van der Waals surface area contributed by atoms with Crippen LogP contribution < -0.4 is 10.1 Å². The summed E-state index contributed by atoms with van der Waals surface area (Å²) < 4.78 is 13.1. The molecule has 0 fully saturated rings. The van der Waals surface area contributed by atoms with Crippen LogP contribution in [0.25, 0.3) is 10.4 Å². The first-order chi connectivity index (χ1) is 21.9. The minimum absolute atomic E-state index is 0.0489. The zero-order chi connectivity index (χ0) is 31.6. The average molecular weight is 689 g/mol. The highest BCUT2D eigenvalue weighted by atomic mass is 79.9. The SMILES string of the molecule is [N-]=[N+]=NCc1ccccc1C[C@@]1(C(=O)NCc2ccc(Cl)cc2)N=C(c2ccc(OCCCO)cc2)O[C@@H]1c1ccccc1Br. The number of carbonyl (C=O) groups is 1. The largest absolute Gasteiger partial charge is 0.494 e. The second kappa shape index (κ2) is 15.1. The van der Waals surface area contributed by atoms with E-state index >= 15 is 0 Å². The number of azide groups is 1. The highest BCUT2D eigenvalue weighted by molar-refractivity contribution is 9.10. The number of aliphatic hydroxyl groups is 1. The van der Waals surface area contributed by atoms with E-state index in [4.69, 9.17) is 36.7 Å². The molecule has 11 heteroatoms. The molecular formula is C34H31BrClN5O4. The molecule has 45 heavy (non-hydrogen) atoms. The molecule has 1 amide bonds. The number of aliphatic hydroxyl groups excluding tert-OH is 1.